The van der Waals surface area contributed by atoms with Crippen molar-refractivity contribution in [1.29, 1.82) is 0 Å². The highest BCUT2D eigenvalue weighted by Gasteiger charge is 2.39. The lowest BCUT2D eigenvalue weighted by molar-refractivity contribution is -0.130. The molecule has 2 aliphatic heterocycles. The van der Waals surface area contributed by atoms with E-state index in [1.165, 1.54) is 0 Å². The zero-order valence-corrected chi connectivity index (χ0v) is 7.36. The number of fused-ring (bicyclic) bond motifs is 1. The summed E-state index contributed by atoms with van der Waals surface area (Å²) in [4.78, 5) is 15.5. The number of nitrogens with two attached hydrogens (primary N) is 1. The normalized spacial score (nSPS) is 37.2. The van der Waals surface area contributed by atoms with Crippen LogP contribution in [0.1, 0.15) is 6.42 Å². The van der Waals surface area contributed by atoms with Crippen molar-refractivity contribution in [3.63, 3.8) is 0 Å². The van der Waals surface area contributed by atoms with Gasteiger partial charge in [0.1, 0.15) is 0 Å². The van der Waals surface area contributed by atoms with Gasteiger partial charge in [0.05, 0.1) is 6.04 Å². The lowest BCUT2D eigenvalue weighted by Gasteiger charge is -2.36. The molecule has 2 atom stereocenters. The van der Waals surface area contributed by atoms with Crippen molar-refractivity contribution in [2.24, 2.45) is 5.73 Å². The van der Waals surface area contributed by atoms with Crippen molar-refractivity contribution >= 4 is 5.91 Å². The van der Waals surface area contributed by atoms with Crippen LogP contribution in [-0.4, -0.2) is 54.5 Å². The summed E-state index contributed by atoms with van der Waals surface area (Å²) in [5.74, 6) is 0.237. The number of carbonyl (C=O) groups excluding carboxylic acids is 1. The molecule has 4 heteroatoms. The molecule has 0 aromatic heterocycles. The van der Waals surface area contributed by atoms with Crippen LogP contribution < -0.4 is 5.73 Å². The van der Waals surface area contributed by atoms with E-state index < -0.39 is 0 Å². The van der Waals surface area contributed by atoms with Gasteiger partial charge < -0.3 is 15.5 Å². The minimum absolute atomic E-state index is 0.0558. The standard InChI is InChI=1S/C8H15N3O/c1-10-2-3-11-7(5-10)6(9)4-8(11)12/h6-7H,2-5,9H2,1H3. The van der Waals surface area contributed by atoms with E-state index in [2.05, 4.69) is 11.9 Å². The Bertz CT molecular complexity index is 206. The first-order chi connectivity index (χ1) is 5.68. The van der Waals surface area contributed by atoms with Gasteiger partial charge in [-0.05, 0) is 7.05 Å². The van der Waals surface area contributed by atoms with E-state index in [-0.39, 0.29) is 18.0 Å². The second-order valence-electron chi connectivity index (χ2n) is 3.78. The van der Waals surface area contributed by atoms with Crippen LogP contribution in [0, 0.1) is 0 Å². The molecule has 0 radical (unpaired) electrons. The topological polar surface area (TPSA) is 49.6 Å². The molecule has 0 aromatic rings. The van der Waals surface area contributed by atoms with Crippen LogP contribution in [-0.2, 0) is 4.79 Å². The number of carbonyl (C=O) groups is 1. The molecule has 2 heterocycles. The summed E-state index contributed by atoms with van der Waals surface area (Å²) < 4.78 is 0. The summed E-state index contributed by atoms with van der Waals surface area (Å²) in [6, 6.07) is 0.330. The Hall–Kier alpha value is -0.610. The minimum atomic E-state index is 0.0558. The molecule has 2 N–H and O–H groups in total. The molecular formula is C8H15N3O. The minimum Gasteiger partial charge on any atom is -0.336 e. The van der Waals surface area contributed by atoms with Crippen molar-refractivity contribution in [3.05, 3.63) is 0 Å². The quantitative estimate of drug-likeness (QED) is 0.498. The first-order valence-electron chi connectivity index (χ1n) is 4.42. The van der Waals surface area contributed by atoms with E-state index in [9.17, 15) is 4.79 Å². The maximum absolute atomic E-state index is 11.4. The highest BCUT2D eigenvalue weighted by molar-refractivity contribution is 5.80. The third kappa shape index (κ3) is 1.11. The van der Waals surface area contributed by atoms with Crippen LogP contribution in [0.2, 0.25) is 0 Å². The fourth-order valence-corrected chi connectivity index (χ4v) is 2.08. The number of nitrogens with zero attached hydrogens (tertiary/aromatic N) is 2. The molecule has 0 bridgehead atoms. The summed E-state index contributed by atoms with van der Waals surface area (Å²) in [6.45, 7) is 2.77. The average molecular weight is 169 g/mol. The summed E-state index contributed by atoms with van der Waals surface area (Å²) in [5, 5.41) is 0. The maximum Gasteiger partial charge on any atom is 0.224 e. The molecule has 2 fully saturated rings. The number of piperazine rings is 1. The molecule has 4 nitrogen and oxygen atoms in total. The Morgan fingerprint density at radius 3 is 3.00 bits per heavy atom. The Morgan fingerprint density at radius 2 is 2.25 bits per heavy atom. The van der Waals surface area contributed by atoms with Crippen molar-refractivity contribution in [2.75, 3.05) is 26.7 Å². The summed E-state index contributed by atoms with van der Waals surface area (Å²) in [6.07, 6.45) is 0.540. The summed E-state index contributed by atoms with van der Waals surface area (Å²) in [7, 11) is 2.08. The smallest absolute Gasteiger partial charge is 0.224 e. The Morgan fingerprint density at radius 1 is 1.50 bits per heavy atom. The third-order valence-corrected chi connectivity index (χ3v) is 2.85. The molecule has 0 spiro atoms. The summed E-state index contributed by atoms with van der Waals surface area (Å²) in [5.41, 5.74) is 5.85. The molecule has 2 saturated heterocycles. The molecule has 68 valence electrons. The maximum atomic E-state index is 11.4. The molecule has 2 unspecified atom stereocenters. The lowest BCUT2D eigenvalue weighted by atomic mass is 10.1. The van der Waals surface area contributed by atoms with Gasteiger partial charge in [0.2, 0.25) is 5.91 Å². The van der Waals surface area contributed by atoms with Gasteiger partial charge in [0, 0.05) is 32.1 Å². The molecule has 12 heavy (non-hydrogen) atoms. The van der Waals surface area contributed by atoms with Crippen LogP contribution in [0.15, 0.2) is 0 Å². The molecule has 2 aliphatic rings. The fourth-order valence-electron chi connectivity index (χ4n) is 2.08. The van der Waals surface area contributed by atoms with Gasteiger partial charge in [-0.15, -0.1) is 0 Å². The van der Waals surface area contributed by atoms with Crippen LogP contribution in [0.25, 0.3) is 0 Å². The zero-order chi connectivity index (χ0) is 8.72. The van der Waals surface area contributed by atoms with Crippen molar-refractivity contribution in [1.82, 2.24) is 9.80 Å². The van der Waals surface area contributed by atoms with Crippen molar-refractivity contribution < 1.29 is 4.79 Å². The van der Waals surface area contributed by atoms with E-state index in [1.807, 2.05) is 4.90 Å². The predicted octanol–water partition coefficient (Wildman–Crippen LogP) is -1.14. The van der Waals surface area contributed by atoms with E-state index in [1.54, 1.807) is 0 Å². The first kappa shape index (κ1) is 8.01. The van der Waals surface area contributed by atoms with Crippen molar-refractivity contribution in [3.8, 4) is 0 Å². The predicted molar refractivity (Wildman–Crippen MR) is 45.6 cm³/mol. The van der Waals surface area contributed by atoms with Gasteiger partial charge in [0.25, 0.3) is 0 Å². The van der Waals surface area contributed by atoms with E-state index in [4.69, 9.17) is 5.73 Å². The number of hydrogen-bond acceptors (Lipinski definition) is 3. The number of hydrogen-bond donors (Lipinski definition) is 1. The van der Waals surface area contributed by atoms with Crippen LogP contribution >= 0.6 is 0 Å². The highest BCUT2D eigenvalue weighted by Crippen LogP contribution is 2.21. The first-order valence-corrected chi connectivity index (χ1v) is 4.42. The van der Waals surface area contributed by atoms with E-state index in [0.717, 1.165) is 19.6 Å². The van der Waals surface area contributed by atoms with Gasteiger partial charge in [-0.3, -0.25) is 4.79 Å². The molecule has 1 amide bonds. The highest BCUT2D eigenvalue weighted by atomic mass is 16.2. The van der Waals surface area contributed by atoms with Gasteiger partial charge in [-0.1, -0.05) is 0 Å². The van der Waals surface area contributed by atoms with Crippen LogP contribution in [0.3, 0.4) is 0 Å². The van der Waals surface area contributed by atoms with Gasteiger partial charge in [-0.25, -0.2) is 0 Å². The molecular weight excluding hydrogens is 154 g/mol. The molecule has 0 aromatic carbocycles. The average Bonchev–Trinajstić information content (AvgIpc) is 2.28. The second-order valence-corrected chi connectivity index (χ2v) is 3.78. The molecule has 0 aliphatic carbocycles. The number of likely N-dealkylation sites (N-methyl/N-ethyl adjacent to an activating group) is 1. The Kier molecular flexibility index (Phi) is 1.81. The third-order valence-electron chi connectivity index (χ3n) is 2.85. The molecule has 2 rings (SSSR count). The largest absolute Gasteiger partial charge is 0.336 e. The number of amides is 1. The second kappa shape index (κ2) is 2.71. The van der Waals surface area contributed by atoms with Crippen LogP contribution in [0.4, 0.5) is 0 Å². The Labute approximate surface area is 72.3 Å². The van der Waals surface area contributed by atoms with Gasteiger partial charge >= 0.3 is 0 Å². The monoisotopic (exact) mass is 169 g/mol. The zero-order valence-electron chi connectivity index (χ0n) is 7.36. The Balaban J connectivity index is 2.12. The van der Waals surface area contributed by atoms with Crippen molar-refractivity contribution in [2.45, 2.75) is 18.5 Å². The molecule has 0 saturated carbocycles. The number of rotatable bonds is 0. The SMILES string of the molecule is CN1CCN2C(=O)CC(N)C2C1. The van der Waals surface area contributed by atoms with E-state index in [0.29, 0.717) is 6.42 Å². The summed E-state index contributed by atoms with van der Waals surface area (Å²) >= 11 is 0. The van der Waals surface area contributed by atoms with Crippen LogP contribution in [0.5, 0.6) is 0 Å². The fraction of sp³-hybridized carbons (Fsp3) is 0.875. The van der Waals surface area contributed by atoms with Gasteiger partial charge in [-0.2, -0.15) is 0 Å². The lowest BCUT2D eigenvalue weighted by Crippen LogP contribution is -2.54. The van der Waals surface area contributed by atoms with Gasteiger partial charge in [0.15, 0.2) is 0 Å². The van der Waals surface area contributed by atoms with E-state index >= 15 is 0 Å².